The number of nitrogens with zero attached hydrogens (tertiary/aromatic N) is 3. The molecular formula is C14H17N5O4. The third-order valence-corrected chi connectivity index (χ3v) is 4.11. The summed E-state index contributed by atoms with van der Waals surface area (Å²) in [6.45, 7) is 2.02. The molecule has 2 aromatic rings. The molecule has 9 nitrogen and oxygen atoms in total. The van der Waals surface area contributed by atoms with Crippen molar-refractivity contribution in [2.24, 2.45) is 0 Å². The van der Waals surface area contributed by atoms with E-state index in [1.165, 1.54) is 27.9 Å². The van der Waals surface area contributed by atoms with Crippen LogP contribution in [0.5, 0.6) is 0 Å². The second-order valence-corrected chi connectivity index (χ2v) is 5.88. The largest absolute Gasteiger partial charge is 0.386 e. The standard InChI is InChI=1S/C14H17N5O4/c1-14(23)8-18(12(21)9-2-5-15-17-9)6-3-10(14)19-7-4-11(20)16-13(19)22/h2,4-5,7,10,23H,3,6,8H2,1H3,(H,15,17)(H,16,20,22)/t10-,14-/m1/s1. The minimum absolute atomic E-state index is 0.0705. The number of H-pyrrole nitrogens is 2. The molecule has 2 aromatic heterocycles. The molecule has 2 atom stereocenters. The molecule has 0 radical (unpaired) electrons. The first-order valence-corrected chi connectivity index (χ1v) is 7.21. The Kier molecular flexibility index (Phi) is 3.64. The first kappa shape index (κ1) is 15.2. The zero-order valence-corrected chi connectivity index (χ0v) is 12.5. The number of aromatic nitrogens is 4. The Bertz CT molecular complexity index is 820. The zero-order chi connectivity index (χ0) is 16.6. The molecule has 1 amide bonds. The number of likely N-dealkylation sites (tertiary alicyclic amines) is 1. The number of rotatable bonds is 2. The number of aliphatic hydroxyl groups is 1. The van der Waals surface area contributed by atoms with Crippen molar-refractivity contribution in [2.75, 3.05) is 13.1 Å². The van der Waals surface area contributed by atoms with Gasteiger partial charge in [-0.1, -0.05) is 0 Å². The molecule has 0 aromatic carbocycles. The van der Waals surface area contributed by atoms with Crippen molar-refractivity contribution in [2.45, 2.75) is 25.0 Å². The average molecular weight is 319 g/mol. The van der Waals surface area contributed by atoms with Crippen LogP contribution in [0.2, 0.25) is 0 Å². The van der Waals surface area contributed by atoms with Crippen molar-refractivity contribution in [3.63, 3.8) is 0 Å². The molecule has 1 fully saturated rings. The van der Waals surface area contributed by atoms with Gasteiger partial charge in [-0.15, -0.1) is 0 Å². The fraction of sp³-hybridized carbons (Fsp3) is 0.429. The molecule has 0 spiro atoms. The number of amides is 1. The van der Waals surface area contributed by atoms with Crippen LogP contribution in [-0.4, -0.2) is 54.4 Å². The van der Waals surface area contributed by atoms with Gasteiger partial charge in [0.1, 0.15) is 11.3 Å². The highest BCUT2D eigenvalue weighted by Crippen LogP contribution is 2.31. The van der Waals surface area contributed by atoms with Gasteiger partial charge < -0.3 is 10.0 Å². The molecule has 3 N–H and O–H groups in total. The molecule has 1 aliphatic rings. The Morgan fingerprint density at radius 2 is 2.22 bits per heavy atom. The Balaban J connectivity index is 1.84. The van der Waals surface area contributed by atoms with E-state index in [2.05, 4.69) is 15.2 Å². The summed E-state index contributed by atoms with van der Waals surface area (Å²) < 4.78 is 1.30. The molecule has 3 heterocycles. The average Bonchev–Trinajstić information content (AvgIpc) is 3.01. The highest BCUT2D eigenvalue weighted by Gasteiger charge is 2.41. The fourth-order valence-corrected chi connectivity index (χ4v) is 2.99. The van der Waals surface area contributed by atoms with Crippen LogP contribution in [0.25, 0.3) is 0 Å². The van der Waals surface area contributed by atoms with Gasteiger partial charge in [-0.25, -0.2) is 4.79 Å². The lowest BCUT2D eigenvalue weighted by Gasteiger charge is -2.43. The third kappa shape index (κ3) is 2.82. The summed E-state index contributed by atoms with van der Waals surface area (Å²) in [5.41, 5.74) is -2.02. The molecule has 122 valence electrons. The number of β-amino-alcohol motifs (C(OH)–C–C–N with tert-alkyl or cyclic N) is 1. The van der Waals surface area contributed by atoms with E-state index in [9.17, 15) is 19.5 Å². The summed E-state index contributed by atoms with van der Waals surface area (Å²) in [7, 11) is 0. The first-order chi connectivity index (χ1) is 10.9. The minimum atomic E-state index is -1.31. The lowest BCUT2D eigenvalue weighted by Crippen LogP contribution is -2.56. The van der Waals surface area contributed by atoms with Crippen LogP contribution >= 0.6 is 0 Å². The molecule has 1 aliphatic heterocycles. The second-order valence-electron chi connectivity index (χ2n) is 5.88. The molecule has 9 heteroatoms. The van der Waals surface area contributed by atoms with Crippen LogP contribution < -0.4 is 11.2 Å². The van der Waals surface area contributed by atoms with Crippen LogP contribution in [-0.2, 0) is 0 Å². The molecule has 0 aliphatic carbocycles. The van der Waals surface area contributed by atoms with Gasteiger partial charge in [0.15, 0.2) is 0 Å². The van der Waals surface area contributed by atoms with E-state index < -0.39 is 22.9 Å². The van der Waals surface area contributed by atoms with Gasteiger partial charge in [-0.3, -0.25) is 24.2 Å². The van der Waals surface area contributed by atoms with Crippen molar-refractivity contribution < 1.29 is 9.90 Å². The van der Waals surface area contributed by atoms with Crippen LogP contribution in [0.15, 0.2) is 34.1 Å². The number of nitrogens with one attached hydrogen (secondary N) is 2. The van der Waals surface area contributed by atoms with Crippen LogP contribution in [0.4, 0.5) is 0 Å². The molecule has 0 saturated carbocycles. The van der Waals surface area contributed by atoms with Crippen molar-refractivity contribution in [3.8, 4) is 0 Å². The van der Waals surface area contributed by atoms with Gasteiger partial charge in [0.25, 0.3) is 11.5 Å². The van der Waals surface area contributed by atoms with E-state index >= 15 is 0 Å². The van der Waals surface area contributed by atoms with Gasteiger partial charge >= 0.3 is 5.69 Å². The highest BCUT2D eigenvalue weighted by molar-refractivity contribution is 5.92. The summed E-state index contributed by atoms with van der Waals surface area (Å²) in [5.74, 6) is -0.255. The normalized spacial score (nSPS) is 24.6. The Morgan fingerprint density at radius 3 is 2.83 bits per heavy atom. The lowest BCUT2D eigenvalue weighted by atomic mass is 9.88. The van der Waals surface area contributed by atoms with E-state index in [4.69, 9.17) is 0 Å². The summed E-state index contributed by atoms with van der Waals surface area (Å²) in [6, 6.07) is 2.27. The maximum absolute atomic E-state index is 12.3. The smallest absolute Gasteiger partial charge is 0.328 e. The van der Waals surface area contributed by atoms with Crippen LogP contribution in [0.1, 0.15) is 29.9 Å². The lowest BCUT2D eigenvalue weighted by molar-refractivity contribution is -0.0505. The number of aromatic amines is 2. The molecule has 0 bridgehead atoms. The first-order valence-electron chi connectivity index (χ1n) is 7.21. The van der Waals surface area contributed by atoms with E-state index in [0.29, 0.717) is 18.7 Å². The van der Waals surface area contributed by atoms with Gasteiger partial charge in [-0.05, 0) is 19.4 Å². The molecule has 23 heavy (non-hydrogen) atoms. The maximum atomic E-state index is 12.3. The monoisotopic (exact) mass is 319 g/mol. The molecular weight excluding hydrogens is 302 g/mol. The van der Waals surface area contributed by atoms with Crippen molar-refractivity contribution in [1.29, 1.82) is 0 Å². The highest BCUT2D eigenvalue weighted by atomic mass is 16.3. The summed E-state index contributed by atoms with van der Waals surface area (Å²) >= 11 is 0. The molecule has 0 unspecified atom stereocenters. The Morgan fingerprint density at radius 1 is 1.43 bits per heavy atom. The van der Waals surface area contributed by atoms with Crippen LogP contribution in [0, 0.1) is 0 Å². The second kappa shape index (κ2) is 5.51. The maximum Gasteiger partial charge on any atom is 0.328 e. The minimum Gasteiger partial charge on any atom is -0.386 e. The predicted molar refractivity (Wildman–Crippen MR) is 80.1 cm³/mol. The Labute approximate surface area is 130 Å². The number of piperidine rings is 1. The van der Waals surface area contributed by atoms with Gasteiger partial charge in [0.05, 0.1) is 12.6 Å². The van der Waals surface area contributed by atoms with Crippen molar-refractivity contribution in [3.05, 3.63) is 51.1 Å². The molecule has 3 rings (SSSR count). The van der Waals surface area contributed by atoms with Crippen molar-refractivity contribution >= 4 is 5.91 Å². The topological polar surface area (TPSA) is 124 Å². The van der Waals surface area contributed by atoms with Crippen LogP contribution in [0.3, 0.4) is 0 Å². The van der Waals surface area contributed by atoms with Gasteiger partial charge in [-0.2, -0.15) is 5.10 Å². The number of hydrogen-bond donors (Lipinski definition) is 3. The third-order valence-electron chi connectivity index (χ3n) is 4.11. The summed E-state index contributed by atoms with van der Waals surface area (Å²) in [6.07, 6.45) is 3.24. The van der Waals surface area contributed by atoms with Gasteiger partial charge in [0.2, 0.25) is 0 Å². The quantitative estimate of drug-likeness (QED) is 0.661. The summed E-state index contributed by atoms with van der Waals surface area (Å²) in [5, 5.41) is 17.1. The predicted octanol–water partition coefficient (Wildman–Crippen LogP) is -0.902. The fourth-order valence-electron chi connectivity index (χ4n) is 2.99. The number of carbonyl (C=O) groups excluding carboxylic acids is 1. The zero-order valence-electron chi connectivity index (χ0n) is 12.5. The van der Waals surface area contributed by atoms with E-state index in [1.807, 2.05) is 0 Å². The number of carbonyl (C=O) groups is 1. The van der Waals surface area contributed by atoms with E-state index in [1.54, 1.807) is 13.0 Å². The SMILES string of the molecule is C[C@@]1(O)CN(C(=O)c2ccn[nH]2)CC[C@H]1n1ccc(=O)[nH]c1=O. The van der Waals surface area contributed by atoms with E-state index in [-0.39, 0.29) is 12.5 Å². The summed E-state index contributed by atoms with van der Waals surface area (Å²) in [4.78, 5) is 39.1. The van der Waals surface area contributed by atoms with E-state index in [0.717, 1.165) is 0 Å². The number of hydrogen-bond acceptors (Lipinski definition) is 5. The van der Waals surface area contributed by atoms with Crippen molar-refractivity contribution in [1.82, 2.24) is 24.6 Å². The van der Waals surface area contributed by atoms with Gasteiger partial charge in [0, 0.05) is 25.0 Å². The Hall–Kier alpha value is -2.68. The molecule has 1 saturated heterocycles.